The highest BCUT2D eigenvalue weighted by Gasteiger charge is 2.20. The van der Waals surface area contributed by atoms with Crippen LogP contribution in [0.3, 0.4) is 0 Å². The first-order chi connectivity index (χ1) is 4.48. The molecule has 0 aromatic heterocycles. The van der Waals surface area contributed by atoms with E-state index in [0.717, 1.165) is 0 Å². The second-order valence-electron chi connectivity index (χ2n) is 2.46. The van der Waals surface area contributed by atoms with Crippen LogP contribution in [0.15, 0.2) is 11.5 Å². The van der Waals surface area contributed by atoms with Crippen molar-refractivity contribution in [3.8, 4) is 0 Å². The third kappa shape index (κ3) is 3.69. The van der Waals surface area contributed by atoms with Crippen molar-refractivity contribution < 1.29 is 9.90 Å². The first kappa shape index (κ1) is 9.72. The second-order valence-corrected chi connectivity index (χ2v) is 3.21. The van der Waals surface area contributed by atoms with E-state index in [2.05, 4.69) is 0 Å². The topological polar surface area (TPSA) is 37.3 Å². The maximum atomic E-state index is 10.9. The average molecular weight is 160 g/mol. The van der Waals surface area contributed by atoms with Crippen LogP contribution in [0, 0.1) is 0 Å². The number of carbonyl (C=O) groups is 1. The van der Waals surface area contributed by atoms with Crippen LogP contribution in [0.5, 0.6) is 0 Å². The lowest BCUT2D eigenvalue weighted by atomic mass is 10.0. The van der Waals surface area contributed by atoms with Gasteiger partial charge in [-0.05, 0) is 31.6 Å². The Morgan fingerprint density at radius 2 is 2.10 bits per heavy atom. The summed E-state index contributed by atoms with van der Waals surface area (Å²) in [6.45, 7) is 2.94. The highest BCUT2D eigenvalue weighted by molar-refractivity contribution is 8.01. The number of aliphatic hydroxyl groups is 1. The molecule has 0 aliphatic rings. The van der Waals surface area contributed by atoms with Gasteiger partial charge in [0.15, 0.2) is 5.78 Å². The van der Waals surface area contributed by atoms with Gasteiger partial charge in [0.1, 0.15) is 5.60 Å². The molecule has 0 unspecified atom stereocenters. The van der Waals surface area contributed by atoms with E-state index in [1.54, 1.807) is 5.41 Å². The molecule has 0 bridgehead atoms. The highest BCUT2D eigenvalue weighted by Crippen LogP contribution is 2.05. The third-order valence-electron chi connectivity index (χ3n) is 0.958. The predicted molar refractivity (Wildman–Crippen MR) is 44.0 cm³/mol. The zero-order chi connectivity index (χ0) is 8.20. The zero-order valence-electron chi connectivity index (χ0n) is 6.42. The smallest absolute Gasteiger partial charge is 0.187 e. The van der Waals surface area contributed by atoms with Gasteiger partial charge in [-0.1, -0.05) is 0 Å². The average Bonchev–Trinajstić information content (AvgIpc) is 1.80. The molecule has 58 valence electrons. The molecule has 0 aliphatic heterocycles. The van der Waals surface area contributed by atoms with Crippen molar-refractivity contribution in [2.45, 2.75) is 19.4 Å². The van der Waals surface area contributed by atoms with Crippen molar-refractivity contribution in [2.75, 3.05) is 6.26 Å². The van der Waals surface area contributed by atoms with E-state index in [4.69, 9.17) is 5.11 Å². The van der Waals surface area contributed by atoms with Crippen LogP contribution in [0.2, 0.25) is 0 Å². The fourth-order valence-electron chi connectivity index (χ4n) is 0.334. The Hall–Kier alpha value is -0.280. The lowest BCUT2D eigenvalue weighted by molar-refractivity contribution is -0.128. The Bertz CT molecular complexity index is 144. The first-order valence-electron chi connectivity index (χ1n) is 2.94. The molecule has 0 spiro atoms. The number of thioether (sulfide) groups is 1. The summed E-state index contributed by atoms with van der Waals surface area (Å²) >= 11 is 1.43. The van der Waals surface area contributed by atoms with E-state index >= 15 is 0 Å². The number of rotatable bonds is 3. The van der Waals surface area contributed by atoms with Crippen molar-refractivity contribution in [3.63, 3.8) is 0 Å². The minimum absolute atomic E-state index is 0.262. The quantitative estimate of drug-likeness (QED) is 0.630. The van der Waals surface area contributed by atoms with Gasteiger partial charge >= 0.3 is 0 Å². The fourth-order valence-corrected chi connectivity index (χ4v) is 0.593. The molecular weight excluding hydrogens is 148 g/mol. The van der Waals surface area contributed by atoms with Crippen molar-refractivity contribution >= 4 is 17.5 Å². The summed E-state index contributed by atoms with van der Waals surface area (Å²) in [6.07, 6.45) is 3.23. The molecular formula is C7H12O2S. The van der Waals surface area contributed by atoms with E-state index in [1.165, 1.54) is 31.7 Å². The predicted octanol–water partition coefficient (Wildman–Crippen LogP) is 1.20. The van der Waals surface area contributed by atoms with E-state index in [-0.39, 0.29) is 5.78 Å². The molecule has 0 aromatic rings. The monoisotopic (exact) mass is 160 g/mol. The molecule has 10 heavy (non-hydrogen) atoms. The molecule has 0 aliphatic carbocycles. The summed E-state index contributed by atoms with van der Waals surface area (Å²) < 4.78 is 0. The maximum Gasteiger partial charge on any atom is 0.187 e. The van der Waals surface area contributed by atoms with Gasteiger partial charge in [0.2, 0.25) is 0 Å². The molecule has 0 fully saturated rings. The minimum atomic E-state index is -1.23. The zero-order valence-corrected chi connectivity index (χ0v) is 7.23. The van der Waals surface area contributed by atoms with Crippen LogP contribution in [0.1, 0.15) is 13.8 Å². The largest absolute Gasteiger partial charge is 0.382 e. The van der Waals surface area contributed by atoms with Gasteiger partial charge in [0.25, 0.3) is 0 Å². The number of hydrogen-bond donors (Lipinski definition) is 1. The first-order valence-corrected chi connectivity index (χ1v) is 4.23. The van der Waals surface area contributed by atoms with Gasteiger partial charge in [-0.3, -0.25) is 4.79 Å². The Morgan fingerprint density at radius 1 is 1.60 bits per heavy atom. The third-order valence-corrected chi connectivity index (χ3v) is 1.37. The van der Waals surface area contributed by atoms with E-state index in [0.29, 0.717) is 0 Å². The Labute approximate surface area is 65.3 Å². The summed E-state index contributed by atoms with van der Waals surface area (Å²) in [5.74, 6) is -0.262. The molecule has 0 aromatic carbocycles. The van der Waals surface area contributed by atoms with Crippen LogP contribution < -0.4 is 0 Å². The molecule has 0 radical (unpaired) electrons. The fraction of sp³-hybridized carbons (Fsp3) is 0.571. The van der Waals surface area contributed by atoms with Crippen molar-refractivity contribution in [3.05, 3.63) is 11.5 Å². The van der Waals surface area contributed by atoms with Crippen molar-refractivity contribution in [2.24, 2.45) is 0 Å². The lowest BCUT2D eigenvalue weighted by Gasteiger charge is -2.11. The second kappa shape index (κ2) is 3.78. The summed E-state index contributed by atoms with van der Waals surface area (Å²) in [7, 11) is 0. The van der Waals surface area contributed by atoms with Crippen LogP contribution in [-0.2, 0) is 4.79 Å². The minimum Gasteiger partial charge on any atom is -0.382 e. The normalized spacial score (nSPS) is 12.4. The molecule has 0 heterocycles. The van der Waals surface area contributed by atoms with E-state index < -0.39 is 5.60 Å². The number of hydrogen-bond acceptors (Lipinski definition) is 3. The van der Waals surface area contributed by atoms with E-state index in [9.17, 15) is 4.79 Å². The summed E-state index contributed by atoms with van der Waals surface area (Å²) in [5, 5.41) is 10.8. The van der Waals surface area contributed by atoms with Gasteiger partial charge in [-0.2, -0.15) is 0 Å². The van der Waals surface area contributed by atoms with E-state index in [1.807, 2.05) is 6.26 Å². The molecule has 0 rings (SSSR count). The molecule has 0 atom stereocenters. The molecule has 0 saturated carbocycles. The number of ketones is 1. The van der Waals surface area contributed by atoms with Crippen molar-refractivity contribution in [1.29, 1.82) is 0 Å². The maximum absolute atomic E-state index is 10.9. The Morgan fingerprint density at radius 3 is 2.40 bits per heavy atom. The van der Waals surface area contributed by atoms with Gasteiger partial charge in [-0.15, -0.1) is 11.8 Å². The summed E-state index contributed by atoms with van der Waals surface area (Å²) in [4.78, 5) is 10.9. The molecule has 1 N–H and O–H groups in total. The van der Waals surface area contributed by atoms with Gasteiger partial charge < -0.3 is 5.11 Å². The summed E-state index contributed by atoms with van der Waals surface area (Å²) in [6, 6.07) is 0. The molecule has 0 saturated heterocycles. The number of carbonyl (C=O) groups excluding carboxylic acids is 1. The van der Waals surface area contributed by atoms with Gasteiger partial charge in [0.05, 0.1) is 0 Å². The Balaban J connectivity index is 3.98. The van der Waals surface area contributed by atoms with Crippen molar-refractivity contribution in [1.82, 2.24) is 0 Å². The SMILES string of the molecule is CSC=CC(=O)C(C)(C)O. The lowest BCUT2D eigenvalue weighted by Crippen LogP contribution is -2.29. The molecule has 0 amide bonds. The molecule has 3 heteroatoms. The van der Waals surface area contributed by atoms with Gasteiger partial charge in [-0.25, -0.2) is 0 Å². The van der Waals surface area contributed by atoms with Crippen LogP contribution in [0.25, 0.3) is 0 Å². The Kier molecular flexibility index (Phi) is 3.68. The van der Waals surface area contributed by atoms with Crippen LogP contribution >= 0.6 is 11.8 Å². The molecule has 2 nitrogen and oxygen atoms in total. The van der Waals surface area contributed by atoms with Gasteiger partial charge in [0, 0.05) is 0 Å². The summed E-state index contributed by atoms with van der Waals surface area (Å²) in [5.41, 5.74) is -1.23. The van der Waals surface area contributed by atoms with Crippen LogP contribution in [0.4, 0.5) is 0 Å². The highest BCUT2D eigenvalue weighted by atomic mass is 32.2. The van der Waals surface area contributed by atoms with Crippen LogP contribution in [-0.4, -0.2) is 22.7 Å². The standard InChI is InChI=1S/C7H12O2S/c1-7(2,9)6(8)4-5-10-3/h4-5,9H,1-3H3.